The second kappa shape index (κ2) is 7.52. The topological polar surface area (TPSA) is 32.3 Å². The van der Waals surface area contributed by atoms with Gasteiger partial charge in [-0.25, -0.2) is 0 Å². The van der Waals surface area contributed by atoms with Gasteiger partial charge < -0.3 is 10.2 Å². The van der Waals surface area contributed by atoms with E-state index in [0.717, 1.165) is 12.1 Å². The maximum atomic E-state index is 12.1. The number of nitrogens with zero attached hydrogens (tertiary/aromatic N) is 1. The Bertz CT molecular complexity index is 654. The molecule has 22 heavy (non-hydrogen) atoms. The molecule has 0 aliphatic rings. The van der Waals surface area contributed by atoms with Gasteiger partial charge in [0.1, 0.15) is 0 Å². The van der Waals surface area contributed by atoms with E-state index in [0.29, 0.717) is 22.2 Å². The van der Waals surface area contributed by atoms with Gasteiger partial charge >= 0.3 is 0 Å². The zero-order valence-electron chi connectivity index (χ0n) is 12.6. The van der Waals surface area contributed by atoms with Gasteiger partial charge in [0.05, 0.1) is 10.6 Å². The Kier molecular flexibility index (Phi) is 5.69. The van der Waals surface area contributed by atoms with Crippen LogP contribution >= 0.6 is 23.2 Å². The average molecular weight is 337 g/mol. The van der Waals surface area contributed by atoms with Crippen LogP contribution in [0.15, 0.2) is 42.5 Å². The molecule has 1 N–H and O–H groups in total. The first-order valence-corrected chi connectivity index (χ1v) is 7.72. The molecule has 0 unspecified atom stereocenters. The van der Waals surface area contributed by atoms with Gasteiger partial charge in [0.15, 0.2) is 0 Å². The van der Waals surface area contributed by atoms with Crippen molar-refractivity contribution >= 4 is 34.8 Å². The minimum Gasteiger partial charge on any atom is -0.378 e. The highest BCUT2D eigenvalue weighted by molar-refractivity contribution is 6.36. The second-order valence-corrected chi connectivity index (χ2v) is 6.03. The summed E-state index contributed by atoms with van der Waals surface area (Å²) in [6.07, 6.45) is 0.769. The molecule has 0 aromatic heterocycles. The number of benzene rings is 2. The fraction of sp³-hybridized carbons (Fsp3) is 0.235. The van der Waals surface area contributed by atoms with E-state index in [2.05, 4.69) is 29.6 Å². The highest BCUT2D eigenvalue weighted by Crippen LogP contribution is 2.20. The lowest BCUT2D eigenvalue weighted by Gasteiger charge is -2.13. The maximum absolute atomic E-state index is 12.1. The molecular weight excluding hydrogens is 319 g/mol. The molecule has 5 heteroatoms. The number of carbonyl (C=O) groups excluding carboxylic acids is 1. The van der Waals surface area contributed by atoms with Crippen LogP contribution in [-0.2, 0) is 6.42 Å². The van der Waals surface area contributed by atoms with Crippen molar-refractivity contribution in [3.63, 3.8) is 0 Å². The summed E-state index contributed by atoms with van der Waals surface area (Å²) in [5, 5.41) is 3.75. The van der Waals surface area contributed by atoms with Crippen LogP contribution in [0.1, 0.15) is 15.9 Å². The Morgan fingerprint density at radius 3 is 2.36 bits per heavy atom. The lowest BCUT2D eigenvalue weighted by atomic mass is 10.1. The van der Waals surface area contributed by atoms with Crippen LogP contribution in [0.3, 0.4) is 0 Å². The van der Waals surface area contributed by atoms with E-state index in [1.165, 1.54) is 5.56 Å². The van der Waals surface area contributed by atoms with Crippen LogP contribution in [0.2, 0.25) is 10.0 Å². The van der Waals surface area contributed by atoms with Gasteiger partial charge in [-0.15, -0.1) is 0 Å². The fourth-order valence-electron chi connectivity index (χ4n) is 2.05. The zero-order valence-corrected chi connectivity index (χ0v) is 14.1. The van der Waals surface area contributed by atoms with E-state index in [1.54, 1.807) is 18.2 Å². The first-order chi connectivity index (χ1) is 10.5. The molecular formula is C17H18Cl2N2O. The Hall–Kier alpha value is -1.71. The number of amides is 1. The molecule has 0 spiro atoms. The lowest BCUT2D eigenvalue weighted by molar-refractivity contribution is 0.0954. The van der Waals surface area contributed by atoms with Crippen LogP contribution in [0.4, 0.5) is 5.69 Å². The largest absolute Gasteiger partial charge is 0.378 e. The third-order valence-electron chi connectivity index (χ3n) is 3.33. The molecule has 3 nitrogen and oxygen atoms in total. The third kappa shape index (κ3) is 4.39. The summed E-state index contributed by atoms with van der Waals surface area (Å²) in [6, 6.07) is 13.1. The molecule has 0 radical (unpaired) electrons. The minimum absolute atomic E-state index is 0.188. The summed E-state index contributed by atoms with van der Waals surface area (Å²) in [7, 11) is 4.01. The molecule has 0 aliphatic carbocycles. The van der Waals surface area contributed by atoms with Crippen LogP contribution in [0.5, 0.6) is 0 Å². The van der Waals surface area contributed by atoms with E-state index >= 15 is 0 Å². The molecule has 1 amide bonds. The van der Waals surface area contributed by atoms with E-state index < -0.39 is 0 Å². The molecule has 0 atom stereocenters. The van der Waals surface area contributed by atoms with Gasteiger partial charge in [0.2, 0.25) is 0 Å². The highest BCUT2D eigenvalue weighted by Gasteiger charge is 2.10. The average Bonchev–Trinajstić information content (AvgIpc) is 2.47. The van der Waals surface area contributed by atoms with Crippen molar-refractivity contribution in [2.45, 2.75) is 6.42 Å². The quantitative estimate of drug-likeness (QED) is 0.893. The van der Waals surface area contributed by atoms with Gasteiger partial charge in [-0.1, -0.05) is 35.3 Å². The number of halogens is 2. The Morgan fingerprint density at radius 1 is 1.09 bits per heavy atom. The van der Waals surface area contributed by atoms with Crippen molar-refractivity contribution in [3.05, 3.63) is 63.6 Å². The maximum Gasteiger partial charge on any atom is 0.252 e. The van der Waals surface area contributed by atoms with Crippen LogP contribution < -0.4 is 10.2 Å². The number of hydrogen-bond acceptors (Lipinski definition) is 2. The molecule has 2 rings (SSSR count). The number of hydrogen-bond donors (Lipinski definition) is 1. The monoisotopic (exact) mass is 336 g/mol. The first kappa shape index (κ1) is 16.7. The molecule has 0 bridgehead atoms. The molecule has 0 saturated heterocycles. The number of rotatable bonds is 5. The van der Waals surface area contributed by atoms with Crippen LogP contribution in [0, 0.1) is 0 Å². The van der Waals surface area contributed by atoms with E-state index in [-0.39, 0.29) is 5.91 Å². The van der Waals surface area contributed by atoms with Crippen LogP contribution in [-0.4, -0.2) is 26.5 Å². The summed E-state index contributed by atoms with van der Waals surface area (Å²) in [6.45, 7) is 0.555. The SMILES string of the molecule is CN(C)c1ccc(CCNC(=O)c2ccc(Cl)cc2Cl)cc1. The predicted octanol–water partition coefficient (Wildman–Crippen LogP) is 4.03. The molecule has 2 aromatic rings. The Morgan fingerprint density at radius 2 is 1.77 bits per heavy atom. The van der Waals surface area contributed by atoms with E-state index in [4.69, 9.17) is 23.2 Å². The Balaban J connectivity index is 1.89. The van der Waals surface area contributed by atoms with E-state index in [1.807, 2.05) is 19.0 Å². The molecule has 0 saturated carbocycles. The molecule has 116 valence electrons. The van der Waals surface area contributed by atoms with Crippen molar-refractivity contribution in [2.75, 3.05) is 25.5 Å². The molecule has 0 heterocycles. The standard InChI is InChI=1S/C17H18Cl2N2O/c1-21(2)14-6-3-12(4-7-14)9-10-20-17(22)15-8-5-13(18)11-16(15)19/h3-8,11H,9-10H2,1-2H3,(H,20,22). The Labute approximate surface area is 140 Å². The summed E-state index contributed by atoms with van der Waals surface area (Å²) >= 11 is 11.8. The van der Waals surface area contributed by atoms with Crippen molar-refractivity contribution in [3.8, 4) is 0 Å². The number of nitrogens with one attached hydrogen (secondary N) is 1. The summed E-state index contributed by atoms with van der Waals surface area (Å²) in [5.74, 6) is -0.188. The number of anilines is 1. The van der Waals surface area contributed by atoms with Crippen LogP contribution in [0.25, 0.3) is 0 Å². The molecule has 0 fully saturated rings. The van der Waals surface area contributed by atoms with Crippen molar-refractivity contribution in [1.29, 1.82) is 0 Å². The van der Waals surface area contributed by atoms with Crippen molar-refractivity contribution in [2.24, 2.45) is 0 Å². The van der Waals surface area contributed by atoms with Gasteiger partial charge in [-0.05, 0) is 42.3 Å². The van der Waals surface area contributed by atoms with E-state index in [9.17, 15) is 4.79 Å². The van der Waals surface area contributed by atoms with Gasteiger partial charge in [0.25, 0.3) is 5.91 Å². The third-order valence-corrected chi connectivity index (χ3v) is 3.88. The summed E-state index contributed by atoms with van der Waals surface area (Å²) in [5.41, 5.74) is 2.77. The van der Waals surface area contributed by atoms with Gasteiger partial charge in [-0.3, -0.25) is 4.79 Å². The fourth-order valence-corrected chi connectivity index (χ4v) is 2.54. The van der Waals surface area contributed by atoms with Crippen molar-refractivity contribution in [1.82, 2.24) is 5.32 Å². The number of carbonyl (C=O) groups is 1. The second-order valence-electron chi connectivity index (χ2n) is 5.19. The minimum atomic E-state index is -0.188. The van der Waals surface area contributed by atoms with Gasteiger partial charge in [-0.2, -0.15) is 0 Å². The predicted molar refractivity (Wildman–Crippen MR) is 93.3 cm³/mol. The highest BCUT2D eigenvalue weighted by atomic mass is 35.5. The zero-order chi connectivity index (χ0) is 16.1. The first-order valence-electron chi connectivity index (χ1n) is 6.97. The van der Waals surface area contributed by atoms with Gasteiger partial charge in [0, 0.05) is 31.4 Å². The summed E-state index contributed by atoms with van der Waals surface area (Å²) < 4.78 is 0. The van der Waals surface area contributed by atoms with Crippen molar-refractivity contribution < 1.29 is 4.79 Å². The smallest absolute Gasteiger partial charge is 0.252 e. The lowest BCUT2D eigenvalue weighted by Crippen LogP contribution is -2.25. The summed E-state index contributed by atoms with van der Waals surface area (Å²) in [4.78, 5) is 14.1. The normalized spacial score (nSPS) is 10.4. The molecule has 2 aromatic carbocycles. The molecule has 0 aliphatic heterocycles.